The van der Waals surface area contributed by atoms with Gasteiger partial charge in [-0.3, -0.25) is 14.2 Å². The third-order valence-electron chi connectivity index (χ3n) is 5.60. The fourth-order valence-electron chi connectivity index (χ4n) is 3.83. The van der Waals surface area contributed by atoms with Crippen LogP contribution in [0.2, 0.25) is 5.02 Å². The summed E-state index contributed by atoms with van der Waals surface area (Å²) in [5.41, 5.74) is 1.73. The second kappa shape index (κ2) is 10.1. The number of hydrogen-bond donors (Lipinski definition) is 1. The van der Waals surface area contributed by atoms with E-state index in [-0.39, 0.29) is 18.9 Å². The van der Waals surface area contributed by atoms with Gasteiger partial charge in [0.05, 0.1) is 29.6 Å². The number of carbonyl (C=O) groups is 1. The van der Waals surface area contributed by atoms with Gasteiger partial charge >= 0.3 is 5.69 Å². The van der Waals surface area contributed by atoms with Crippen molar-refractivity contribution in [2.75, 3.05) is 6.54 Å². The van der Waals surface area contributed by atoms with Crippen LogP contribution in [0, 0.1) is 5.92 Å². The fraction of sp³-hybridized carbons (Fsp3) is 0.222. The quantitative estimate of drug-likeness (QED) is 0.436. The Morgan fingerprint density at radius 2 is 1.62 bits per heavy atom. The predicted molar refractivity (Wildman–Crippen MR) is 136 cm³/mol. The number of aromatic nitrogens is 2. The Bertz CT molecular complexity index is 1450. The molecule has 0 aliphatic rings. The largest absolute Gasteiger partial charge is 0.356 e. The molecule has 34 heavy (non-hydrogen) atoms. The number of nitrogens with zero attached hydrogens (tertiary/aromatic N) is 2. The fourth-order valence-corrected chi connectivity index (χ4v) is 4.02. The Balaban J connectivity index is 1.75. The summed E-state index contributed by atoms with van der Waals surface area (Å²) in [6.07, 6.45) is 0.232. The number of hydrogen-bond acceptors (Lipinski definition) is 3. The molecule has 174 valence electrons. The van der Waals surface area contributed by atoms with Gasteiger partial charge in [-0.05, 0) is 47.4 Å². The SMILES string of the molecule is CC(C)CNC(=O)Cc1ccc(-n2c(=O)c3ccccc3n(Cc3ccccc3Cl)c2=O)cc1. The molecule has 1 heterocycles. The number of carbonyl (C=O) groups excluding carboxylic acids is 1. The number of fused-ring (bicyclic) bond motifs is 1. The van der Waals surface area contributed by atoms with Crippen LogP contribution in [0.3, 0.4) is 0 Å². The van der Waals surface area contributed by atoms with Crippen molar-refractivity contribution in [3.63, 3.8) is 0 Å². The normalized spacial score (nSPS) is 11.2. The molecule has 0 aliphatic heterocycles. The van der Waals surface area contributed by atoms with Crippen molar-refractivity contribution in [1.82, 2.24) is 14.5 Å². The molecule has 0 saturated carbocycles. The molecular weight excluding hydrogens is 450 g/mol. The average molecular weight is 476 g/mol. The summed E-state index contributed by atoms with van der Waals surface area (Å²) in [6.45, 7) is 4.92. The number of rotatable bonds is 7. The van der Waals surface area contributed by atoms with Gasteiger partial charge in [-0.2, -0.15) is 0 Å². The predicted octanol–water partition coefficient (Wildman–Crippen LogP) is 4.17. The lowest BCUT2D eigenvalue weighted by Gasteiger charge is -2.15. The van der Waals surface area contributed by atoms with Crippen LogP contribution in [0.25, 0.3) is 16.6 Å². The highest BCUT2D eigenvalue weighted by molar-refractivity contribution is 6.31. The third kappa shape index (κ3) is 4.97. The summed E-state index contributed by atoms with van der Waals surface area (Å²) in [5.74, 6) is 0.311. The molecule has 3 aromatic carbocycles. The first-order valence-corrected chi connectivity index (χ1v) is 11.6. The monoisotopic (exact) mass is 475 g/mol. The molecule has 0 atom stereocenters. The molecule has 0 fully saturated rings. The first-order valence-electron chi connectivity index (χ1n) is 11.2. The van der Waals surface area contributed by atoms with Crippen LogP contribution in [0.4, 0.5) is 0 Å². The minimum absolute atomic E-state index is 0.0635. The Morgan fingerprint density at radius 1 is 0.941 bits per heavy atom. The molecule has 1 N–H and O–H groups in total. The van der Waals surface area contributed by atoms with E-state index in [1.165, 1.54) is 4.57 Å². The highest BCUT2D eigenvalue weighted by Gasteiger charge is 2.16. The molecule has 0 saturated heterocycles. The van der Waals surface area contributed by atoms with Gasteiger partial charge in [0.15, 0.2) is 0 Å². The van der Waals surface area contributed by atoms with E-state index in [4.69, 9.17) is 11.6 Å². The van der Waals surface area contributed by atoms with E-state index in [0.717, 1.165) is 11.1 Å². The number of para-hydroxylation sites is 1. The van der Waals surface area contributed by atoms with Gasteiger partial charge in [0.1, 0.15) is 0 Å². The van der Waals surface area contributed by atoms with Crippen LogP contribution < -0.4 is 16.6 Å². The van der Waals surface area contributed by atoms with Crippen molar-refractivity contribution in [2.24, 2.45) is 5.92 Å². The lowest BCUT2D eigenvalue weighted by Crippen LogP contribution is -2.39. The van der Waals surface area contributed by atoms with Gasteiger partial charge in [0, 0.05) is 11.6 Å². The number of halogens is 1. The maximum Gasteiger partial charge on any atom is 0.336 e. The van der Waals surface area contributed by atoms with E-state index < -0.39 is 11.2 Å². The van der Waals surface area contributed by atoms with Crippen molar-refractivity contribution in [3.8, 4) is 5.69 Å². The molecule has 6 nitrogen and oxygen atoms in total. The van der Waals surface area contributed by atoms with Gasteiger partial charge in [-0.25, -0.2) is 9.36 Å². The minimum atomic E-state index is -0.453. The van der Waals surface area contributed by atoms with Crippen molar-refractivity contribution in [2.45, 2.75) is 26.8 Å². The van der Waals surface area contributed by atoms with E-state index >= 15 is 0 Å². The second-order valence-corrected chi connectivity index (χ2v) is 9.07. The van der Waals surface area contributed by atoms with Crippen molar-refractivity contribution < 1.29 is 4.79 Å². The average Bonchev–Trinajstić information content (AvgIpc) is 2.83. The zero-order valence-corrected chi connectivity index (χ0v) is 19.9. The number of amides is 1. The lowest BCUT2D eigenvalue weighted by atomic mass is 10.1. The van der Waals surface area contributed by atoms with Crippen LogP contribution in [-0.4, -0.2) is 21.6 Å². The summed E-state index contributed by atoms with van der Waals surface area (Å²) in [6, 6.07) is 21.3. The van der Waals surface area contributed by atoms with E-state index in [0.29, 0.717) is 34.1 Å². The zero-order valence-electron chi connectivity index (χ0n) is 19.1. The Morgan fingerprint density at radius 3 is 2.32 bits per heavy atom. The van der Waals surface area contributed by atoms with Crippen LogP contribution in [0.5, 0.6) is 0 Å². The standard InChI is InChI=1S/C27H26ClN3O3/c1-18(2)16-29-25(32)15-19-11-13-21(14-12-19)31-26(33)22-8-4-6-10-24(22)30(27(31)34)17-20-7-3-5-9-23(20)28/h3-14,18H,15-17H2,1-2H3,(H,29,32). The summed E-state index contributed by atoms with van der Waals surface area (Å²) < 4.78 is 2.73. The van der Waals surface area contributed by atoms with Gasteiger partial charge < -0.3 is 5.32 Å². The van der Waals surface area contributed by atoms with E-state index in [1.54, 1.807) is 59.2 Å². The van der Waals surface area contributed by atoms with Gasteiger partial charge in [-0.1, -0.05) is 67.9 Å². The summed E-state index contributed by atoms with van der Waals surface area (Å²) in [7, 11) is 0. The van der Waals surface area contributed by atoms with Crippen molar-refractivity contribution >= 4 is 28.4 Å². The summed E-state index contributed by atoms with van der Waals surface area (Å²) >= 11 is 6.35. The van der Waals surface area contributed by atoms with Gasteiger partial charge in [-0.15, -0.1) is 0 Å². The third-order valence-corrected chi connectivity index (χ3v) is 5.97. The van der Waals surface area contributed by atoms with Crippen LogP contribution in [0.1, 0.15) is 25.0 Å². The molecule has 0 spiro atoms. The molecule has 4 rings (SSSR count). The first-order chi connectivity index (χ1) is 16.3. The van der Waals surface area contributed by atoms with Crippen LogP contribution in [-0.2, 0) is 17.8 Å². The molecule has 1 amide bonds. The van der Waals surface area contributed by atoms with E-state index in [9.17, 15) is 14.4 Å². The smallest absolute Gasteiger partial charge is 0.336 e. The topological polar surface area (TPSA) is 73.1 Å². The molecule has 0 bridgehead atoms. The number of nitrogens with one attached hydrogen (secondary N) is 1. The summed E-state index contributed by atoms with van der Waals surface area (Å²) in [5, 5.41) is 3.88. The van der Waals surface area contributed by atoms with Crippen molar-refractivity contribution in [1.29, 1.82) is 0 Å². The van der Waals surface area contributed by atoms with E-state index in [2.05, 4.69) is 5.32 Å². The molecule has 7 heteroatoms. The van der Waals surface area contributed by atoms with Gasteiger partial charge in [0.2, 0.25) is 5.91 Å². The summed E-state index contributed by atoms with van der Waals surface area (Å²) in [4.78, 5) is 39.0. The number of benzene rings is 3. The maximum absolute atomic E-state index is 13.6. The molecule has 0 unspecified atom stereocenters. The first kappa shape index (κ1) is 23.5. The minimum Gasteiger partial charge on any atom is -0.356 e. The van der Waals surface area contributed by atoms with Crippen molar-refractivity contribution in [3.05, 3.63) is 110 Å². The zero-order chi connectivity index (χ0) is 24.2. The Hall–Kier alpha value is -3.64. The molecule has 4 aromatic rings. The molecular formula is C27H26ClN3O3. The highest BCUT2D eigenvalue weighted by Crippen LogP contribution is 2.18. The maximum atomic E-state index is 13.6. The Kier molecular flexibility index (Phi) is 6.98. The van der Waals surface area contributed by atoms with Crippen LogP contribution in [0.15, 0.2) is 82.4 Å². The molecule has 0 radical (unpaired) electrons. The van der Waals surface area contributed by atoms with Crippen LogP contribution >= 0.6 is 11.6 Å². The highest BCUT2D eigenvalue weighted by atomic mass is 35.5. The lowest BCUT2D eigenvalue weighted by molar-refractivity contribution is -0.120. The molecule has 0 aliphatic carbocycles. The Labute approximate surface area is 202 Å². The van der Waals surface area contributed by atoms with Gasteiger partial charge in [0.25, 0.3) is 5.56 Å². The van der Waals surface area contributed by atoms with E-state index in [1.807, 2.05) is 32.0 Å². The molecule has 1 aromatic heterocycles. The second-order valence-electron chi connectivity index (χ2n) is 8.66.